The van der Waals surface area contributed by atoms with Gasteiger partial charge in [-0.3, -0.25) is 4.98 Å². The number of likely N-dealkylation sites (tertiary alicyclic amines) is 1. The molecule has 1 aliphatic heterocycles. The van der Waals surface area contributed by atoms with Gasteiger partial charge in [0, 0.05) is 13.1 Å². The van der Waals surface area contributed by atoms with Crippen molar-refractivity contribution < 1.29 is 22.7 Å². The first-order valence-electron chi connectivity index (χ1n) is 11.5. The smallest absolute Gasteiger partial charge is 0.410 e. The van der Waals surface area contributed by atoms with Crippen LogP contribution in [0.25, 0.3) is 0 Å². The third-order valence-electron chi connectivity index (χ3n) is 5.61. The highest BCUT2D eigenvalue weighted by Gasteiger charge is 2.26. The first-order valence-corrected chi connectivity index (χ1v) is 13.9. The molecule has 0 aliphatic carbocycles. The summed E-state index contributed by atoms with van der Waals surface area (Å²) in [6, 6.07) is 4.66. The largest absolute Gasteiger partial charge is 0.444 e. The fraction of sp³-hybridized carbons (Fsp3) is 0.542. The number of sulfone groups is 1. The predicted molar refractivity (Wildman–Crippen MR) is 133 cm³/mol. The first kappa shape index (κ1) is 26.4. The average molecular weight is 555 g/mol. The van der Waals surface area contributed by atoms with Crippen molar-refractivity contribution in [1.29, 1.82) is 0 Å². The molecule has 186 valence electrons. The van der Waals surface area contributed by atoms with Gasteiger partial charge in [0.15, 0.2) is 9.84 Å². The topological polar surface area (TPSA) is 98.7 Å². The third-order valence-corrected chi connectivity index (χ3v) is 7.97. The van der Waals surface area contributed by atoms with Crippen LogP contribution in [0.2, 0.25) is 0 Å². The van der Waals surface area contributed by atoms with E-state index in [1.54, 1.807) is 30.3 Å². The Kier molecular flexibility index (Phi) is 8.57. The molecule has 10 heteroatoms. The second-order valence-corrected chi connectivity index (χ2v) is 12.5. The van der Waals surface area contributed by atoms with Gasteiger partial charge in [-0.15, -0.1) is 0 Å². The van der Waals surface area contributed by atoms with Crippen molar-refractivity contribution in [1.82, 2.24) is 14.9 Å². The van der Waals surface area contributed by atoms with Crippen LogP contribution in [-0.2, 0) is 21.0 Å². The Hall–Kier alpha value is -2.20. The Morgan fingerprint density at radius 2 is 1.88 bits per heavy atom. The summed E-state index contributed by atoms with van der Waals surface area (Å²) in [5, 5.41) is 0. The number of aryl methyl sites for hydroxylation is 1. The number of ether oxygens (including phenoxy) is 2. The number of amides is 1. The number of hydrogen-bond acceptors (Lipinski definition) is 7. The van der Waals surface area contributed by atoms with E-state index in [2.05, 4.69) is 25.9 Å². The van der Waals surface area contributed by atoms with E-state index < -0.39 is 15.4 Å². The molecule has 1 saturated heterocycles. The minimum absolute atomic E-state index is 0.0371. The number of carbonyl (C=O) groups excluding carboxylic acids is 1. The molecule has 0 spiro atoms. The summed E-state index contributed by atoms with van der Waals surface area (Å²) in [4.78, 5) is 23.0. The van der Waals surface area contributed by atoms with Crippen molar-refractivity contribution in [2.45, 2.75) is 63.9 Å². The molecule has 8 nitrogen and oxygen atoms in total. The van der Waals surface area contributed by atoms with Gasteiger partial charge in [0.25, 0.3) is 0 Å². The fourth-order valence-corrected chi connectivity index (χ4v) is 5.16. The molecule has 3 rings (SSSR count). The molecule has 1 aromatic carbocycles. The molecule has 0 atom stereocenters. The van der Waals surface area contributed by atoms with Gasteiger partial charge in [-0.05, 0) is 86.5 Å². The number of benzene rings is 1. The molecular formula is C24H32BrN3O5S. The summed E-state index contributed by atoms with van der Waals surface area (Å²) < 4.78 is 35.8. The van der Waals surface area contributed by atoms with Crippen LogP contribution < -0.4 is 4.74 Å². The zero-order valence-corrected chi connectivity index (χ0v) is 22.5. The van der Waals surface area contributed by atoms with Crippen LogP contribution in [0.1, 0.15) is 52.7 Å². The van der Waals surface area contributed by atoms with Crippen LogP contribution in [0.15, 0.2) is 40.0 Å². The summed E-state index contributed by atoms with van der Waals surface area (Å²) in [6.45, 7) is 8.67. The maximum atomic E-state index is 12.2. The van der Waals surface area contributed by atoms with Crippen molar-refractivity contribution in [2.75, 3.05) is 18.8 Å². The van der Waals surface area contributed by atoms with E-state index in [1.807, 2.05) is 20.8 Å². The Morgan fingerprint density at radius 3 is 2.44 bits per heavy atom. The maximum absolute atomic E-state index is 12.2. The molecule has 1 fully saturated rings. The molecule has 2 heterocycles. The second kappa shape index (κ2) is 11.0. The van der Waals surface area contributed by atoms with Crippen LogP contribution in [-0.4, -0.2) is 53.8 Å². The van der Waals surface area contributed by atoms with E-state index in [0.717, 1.165) is 31.4 Å². The number of piperidine rings is 1. The lowest BCUT2D eigenvalue weighted by molar-refractivity contribution is 0.0181. The van der Waals surface area contributed by atoms with E-state index in [4.69, 9.17) is 9.47 Å². The minimum atomic E-state index is -3.29. The zero-order valence-electron chi connectivity index (χ0n) is 20.1. The Balaban J connectivity index is 1.48. The highest BCUT2D eigenvalue weighted by atomic mass is 79.9. The third kappa shape index (κ3) is 7.40. The van der Waals surface area contributed by atoms with Gasteiger partial charge in [0.1, 0.15) is 11.4 Å². The Bertz CT molecular complexity index is 1090. The van der Waals surface area contributed by atoms with Crippen molar-refractivity contribution in [3.05, 3.63) is 40.8 Å². The first-order chi connectivity index (χ1) is 16.0. The van der Waals surface area contributed by atoms with Crippen molar-refractivity contribution >= 4 is 31.9 Å². The van der Waals surface area contributed by atoms with Gasteiger partial charge in [0.05, 0.1) is 33.2 Å². The van der Waals surface area contributed by atoms with Gasteiger partial charge in [0.2, 0.25) is 5.88 Å². The van der Waals surface area contributed by atoms with E-state index in [0.29, 0.717) is 35.1 Å². The van der Waals surface area contributed by atoms with Gasteiger partial charge < -0.3 is 14.4 Å². The van der Waals surface area contributed by atoms with Gasteiger partial charge in [-0.25, -0.2) is 18.2 Å². The lowest BCUT2D eigenvalue weighted by Crippen LogP contribution is -2.41. The second-order valence-electron chi connectivity index (χ2n) is 9.39. The Morgan fingerprint density at radius 1 is 1.18 bits per heavy atom. The fourth-order valence-electron chi connectivity index (χ4n) is 3.64. The van der Waals surface area contributed by atoms with Crippen LogP contribution in [0, 0.1) is 5.92 Å². The van der Waals surface area contributed by atoms with E-state index in [9.17, 15) is 13.2 Å². The van der Waals surface area contributed by atoms with Crippen molar-refractivity contribution in [3.63, 3.8) is 0 Å². The molecule has 1 amide bonds. The van der Waals surface area contributed by atoms with Crippen LogP contribution >= 0.6 is 15.9 Å². The van der Waals surface area contributed by atoms with Crippen molar-refractivity contribution in [3.8, 4) is 11.6 Å². The highest BCUT2D eigenvalue weighted by molar-refractivity contribution is 9.10. The van der Waals surface area contributed by atoms with E-state index >= 15 is 0 Å². The van der Waals surface area contributed by atoms with Gasteiger partial charge in [-0.1, -0.05) is 6.92 Å². The standard InChI is InChI=1S/C24H32BrN3O5S/c1-5-34(30,31)19-8-9-21(20(25)14-19)32-22-16-26-18(15-27-22)7-6-17-10-12-28(13-11-17)23(29)33-24(2,3)4/h8-9,14-17H,5-7,10-13H2,1-4H3. The quantitative estimate of drug-likeness (QED) is 0.452. The SMILES string of the molecule is CCS(=O)(=O)c1ccc(Oc2cnc(CCC3CCN(C(=O)OC(C)(C)C)CC3)cn2)c(Br)c1. The lowest BCUT2D eigenvalue weighted by Gasteiger charge is -2.33. The van der Waals surface area contributed by atoms with Crippen LogP contribution in [0.5, 0.6) is 11.6 Å². The molecule has 34 heavy (non-hydrogen) atoms. The summed E-state index contributed by atoms with van der Waals surface area (Å²) in [5.74, 6) is 1.37. The molecular weight excluding hydrogens is 522 g/mol. The molecule has 0 N–H and O–H groups in total. The molecule has 2 aromatic rings. The normalized spacial score (nSPS) is 15.3. The number of nitrogens with zero attached hydrogens (tertiary/aromatic N) is 3. The van der Waals surface area contributed by atoms with E-state index in [1.165, 1.54) is 12.1 Å². The monoisotopic (exact) mass is 553 g/mol. The number of carbonyl (C=O) groups is 1. The van der Waals surface area contributed by atoms with Crippen molar-refractivity contribution in [2.24, 2.45) is 5.92 Å². The highest BCUT2D eigenvalue weighted by Crippen LogP contribution is 2.31. The number of aromatic nitrogens is 2. The maximum Gasteiger partial charge on any atom is 0.410 e. The number of halogens is 1. The molecule has 1 aromatic heterocycles. The van der Waals surface area contributed by atoms with Gasteiger partial charge >= 0.3 is 6.09 Å². The molecule has 0 bridgehead atoms. The molecule has 1 aliphatic rings. The van der Waals surface area contributed by atoms with Crippen LogP contribution in [0.4, 0.5) is 4.79 Å². The van der Waals surface area contributed by atoms with E-state index in [-0.39, 0.29) is 16.7 Å². The predicted octanol–water partition coefficient (Wildman–Crippen LogP) is 5.40. The molecule has 0 saturated carbocycles. The zero-order chi connectivity index (χ0) is 24.9. The molecule has 0 radical (unpaired) electrons. The van der Waals surface area contributed by atoms with Gasteiger partial charge in [-0.2, -0.15) is 0 Å². The summed E-state index contributed by atoms with van der Waals surface area (Å²) in [6.07, 6.45) is 6.73. The minimum Gasteiger partial charge on any atom is -0.444 e. The van der Waals surface area contributed by atoms with Crippen LogP contribution in [0.3, 0.4) is 0 Å². The lowest BCUT2D eigenvalue weighted by atomic mass is 9.92. The number of rotatable bonds is 7. The summed E-state index contributed by atoms with van der Waals surface area (Å²) in [5.41, 5.74) is 0.405. The summed E-state index contributed by atoms with van der Waals surface area (Å²) >= 11 is 3.37. The molecule has 0 unspecified atom stereocenters. The summed E-state index contributed by atoms with van der Waals surface area (Å²) in [7, 11) is -3.29. The average Bonchev–Trinajstić information content (AvgIpc) is 2.79. The number of hydrogen-bond donors (Lipinski definition) is 0. The Labute approximate surface area is 210 Å².